The largest absolute Gasteiger partial charge is 0.453 e. The number of thiazole rings is 1. The average molecular weight is 351 g/mol. The molecule has 1 atom stereocenters. The average Bonchev–Trinajstić information content (AvgIpc) is 3.09. The van der Waals surface area contributed by atoms with Gasteiger partial charge >= 0.3 is 0 Å². The molecular formula is C20H21N3OS. The van der Waals surface area contributed by atoms with Gasteiger partial charge in [0.05, 0.1) is 23.1 Å². The molecule has 1 aliphatic heterocycles. The Bertz CT molecular complexity index is 903. The number of nitrogens with zero attached hydrogens (tertiary/aromatic N) is 1. The number of nitrogens with one attached hydrogen (secondary N) is 2. The number of hydrogen-bond donors (Lipinski definition) is 2. The maximum absolute atomic E-state index is 5.97. The van der Waals surface area contributed by atoms with Crippen molar-refractivity contribution >= 4 is 22.7 Å². The lowest BCUT2D eigenvalue weighted by Gasteiger charge is -2.22. The summed E-state index contributed by atoms with van der Waals surface area (Å²) in [7, 11) is 1.99. The monoisotopic (exact) mass is 351 g/mol. The Kier molecular flexibility index (Phi) is 4.19. The van der Waals surface area contributed by atoms with Crippen LogP contribution in [0.15, 0.2) is 47.8 Å². The smallest absolute Gasteiger partial charge is 0.151 e. The molecule has 1 aromatic heterocycles. The van der Waals surface area contributed by atoms with E-state index < -0.39 is 0 Å². The highest BCUT2D eigenvalue weighted by Gasteiger charge is 2.20. The molecule has 4 nitrogen and oxygen atoms in total. The first-order chi connectivity index (χ1) is 12.2. The Labute approximate surface area is 151 Å². The second-order valence-corrected chi connectivity index (χ2v) is 7.41. The van der Waals surface area contributed by atoms with Gasteiger partial charge in [0.1, 0.15) is 5.01 Å². The van der Waals surface area contributed by atoms with Gasteiger partial charge in [0, 0.05) is 10.9 Å². The fourth-order valence-corrected chi connectivity index (χ4v) is 4.21. The molecule has 0 saturated heterocycles. The van der Waals surface area contributed by atoms with E-state index in [0.29, 0.717) is 5.92 Å². The quantitative estimate of drug-likeness (QED) is 0.504. The van der Waals surface area contributed by atoms with E-state index in [1.54, 1.807) is 11.3 Å². The van der Waals surface area contributed by atoms with E-state index in [0.717, 1.165) is 39.1 Å². The van der Waals surface area contributed by atoms with Gasteiger partial charge in [-0.05, 0) is 43.3 Å². The summed E-state index contributed by atoms with van der Waals surface area (Å²) >= 11 is 1.71. The minimum Gasteiger partial charge on any atom is -0.453 e. The van der Waals surface area contributed by atoms with E-state index >= 15 is 0 Å². The van der Waals surface area contributed by atoms with Gasteiger partial charge < -0.3 is 15.4 Å². The molecule has 2 heterocycles. The molecule has 0 fully saturated rings. The fourth-order valence-electron chi connectivity index (χ4n) is 3.10. The number of anilines is 2. The van der Waals surface area contributed by atoms with E-state index in [1.807, 2.05) is 37.4 Å². The first-order valence-corrected chi connectivity index (χ1v) is 9.34. The molecule has 2 aromatic carbocycles. The number of fused-ring (bicyclic) bond motifs is 2. The van der Waals surface area contributed by atoms with E-state index in [1.165, 1.54) is 0 Å². The summed E-state index contributed by atoms with van der Waals surface area (Å²) in [6.45, 7) is 4.42. The number of rotatable bonds is 4. The van der Waals surface area contributed by atoms with Crippen LogP contribution in [-0.4, -0.2) is 12.0 Å². The molecule has 25 heavy (non-hydrogen) atoms. The summed E-state index contributed by atoms with van der Waals surface area (Å²) in [5, 5.41) is 10.1. The Hall–Kier alpha value is -2.37. The lowest BCUT2D eigenvalue weighted by Crippen LogP contribution is -2.21. The summed E-state index contributed by atoms with van der Waals surface area (Å²) in [6, 6.07) is 14.4. The Morgan fingerprint density at radius 2 is 1.88 bits per heavy atom. The minimum atomic E-state index is 0.282. The van der Waals surface area contributed by atoms with Crippen LogP contribution in [0.1, 0.15) is 24.9 Å². The van der Waals surface area contributed by atoms with Crippen LogP contribution in [0.2, 0.25) is 0 Å². The second kappa shape index (κ2) is 6.50. The summed E-state index contributed by atoms with van der Waals surface area (Å²) in [5.74, 6) is 2.19. The zero-order chi connectivity index (χ0) is 17.4. The third-order valence-corrected chi connectivity index (χ3v) is 5.35. The molecule has 0 bridgehead atoms. The molecule has 0 aliphatic carbocycles. The molecule has 128 valence electrons. The highest BCUT2D eigenvalue weighted by atomic mass is 32.1. The van der Waals surface area contributed by atoms with Crippen molar-refractivity contribution in [1.82, 2.24) is 10.3 Å². The third-order valence-electron chi connectivity index (χ3n) is 4.42. The molecule has 2 N–H and O–H groups in total. The van der Waals surface area contributed by atoms with Gasteiger partial charge in [0.2, 0.25) is 0 Å². The number of benzene rings is 2. The highest BCUT2D eigenvalue weighted by Crippen LogP contribution is 2.43. The van der Waals surface area contributed by atoms with E-state index in [4.69, 9.17) is 9.72 Å². The maximum atomic E-state index is 5.97. The first kappa shape index (κ1) is 16.1. The van der Waals surface area contributed by atoms with Gasteiger partial charge in [0.15, 0.2) is 11.5 Å². The van der Waals surface area contributed by atoms with Gasteiger partial charge in [-0.15, -0.1) is 11.3 Å². The molecule has 3 aromatic rings. The zero-order valence-electron chi connectivity index (χ0n) is 14.5. The van der Waals surface area contributed by atoms with Gasteiger partial charge in [-0.25, -0.2) is 4.98 Å². The predicted molar refractivity (Wildman–Crippen MR) is 104 cm³/mol. The van der Waals surface area contributed by atoms with Crippen molar-refractivity contribution in [2.75, 3.05) is 12.4 Å². The van der Waals surface area contributed by atoms with Gasteiger partial charge in [0.25, 0.3) is 0 Å². The van der Waals surface area contributed by atoms with Gasteiger partial charge in [-0.1, -0.05) is 26.0 Å². The van der Waals surface area contributed by atoms with Crippen LogP contribution in [0.3, 0.4) is 0 Å². The topological polar surface area (TPSA) is 46.2 Å². The Morgan fingerprint density at radius 3 is 2.68 bits per heavy atom. The maximum Gasteiger partial charge on any atom is 0.151 e. The number of ether oxygens (including phenoxy) is 1. The predicted octanol–water partition coefficient (Wildman–Crippen LogP) is 5.58. The molecule has 0 radical (unpaired) electrons. The molecule has 0 amide bonds. The van der Waals surface area contributed by atoms with Crippen molar-refractivity contribution in [2.45, 2.75) is 19.9 Å². The van der Waals surface area contributed by atoms with Crippen molar-refractivity contribution < 1.29 is 4.74 Å². The molecule has 0 spiro atoms. The lowest BCUT2D eigenvalue weighted by molar-refractivity contribution is 0.441. The number of aromatic nitrogens is 1. The second-order valence-electron chi connectivity index (χ2n) is 6.52. The van der Waals surface area contributed by atoms with E-state index in [2.05, 4.69) is 42.0 Å². The van der Waals surface area contributed by atoms with Crippen molar-refractivity contribution in [2.24, 2.45) is 5.92 Å². The number of para-hydroxylation sites is 2. The fraction of sp³-hybridized carbons (Fsp3) is 0.250. The Morgan fingerprint density at radius 1 is 1.08 bits per heavy atom. The standard InChI is InChI=1S/C20H21N3OS/c1-12(2)19(21-3)20-23-16(11-25-20)13-8-9-18-15(10-13)22-14-6-4-5-7-17(14)24-18/h4-12,19,21-22H,1-3H3/t19-/m1/s1. The van der Waals surface area contributed by atoms with Crippen molar-refractivity contribution in [3.05, 3.63) is 52.9 Å². The molecule has 5 heteroatoms. The van der Waals surface area contributed by atoms with Crippen LogP contribution < -0.4 is 15.4 Å². The molecule has 0 saturated carbocycles. The summed E-state index contributed by atoms with van der Waals surface area (Å²) in [6.07, 6.45) is 0. The van der Waals surface area contributed by atoms with Crippen LogP contribution in [0.25, 0.3) is 11.3 Å². The normalized spacial score (nSPS) is 13.6. The molecule has 0 unspecified atom stereocenters. The van der Waals surface area contributed by atoms with Crippen LogP contribution in [0.5, 0.6) is 11.5 Å². The summed E-state index contributed by atoms with van der Waals surface area (Å²) in [5.41, 5.74) is 4.06. The van der Waals surface area contributed by atoms with Crippen LogP contribution >= 0.6 is 11.3 Å². The van der Waals surface area contributed by atoms with Crippen molar-refractivity contribution in [1.29, 1.82) is 0 Å². The SMILES string of the molecule is CN[C@@H](c1nc(-c2ccc3c(c2)Nc2ccccc2O3)cs1)C(C)C. The Balaban J connectivity index is 1.64. The first-order valence-electron chi connectivity index (χ1n) is 8.46. The van der Waals surface area contributed by atoms with Gasteiger partial charge in [-0.3, -0.25) is 0 Å². The number of hydrogen-bond acceptors (Lipinski definition) is 5. The zero-order valence-corrected chi connectivity index (χ0v) is 15.4. The minimum absolute atomic E-state index is 0.282. The lowest BCUT2D eigenvalue weighted by atomic mass is 10.1. The van der Waals surface area contributed by atoms with E-state index in [9.17, 15) is 0 Å². The van der Waals surface area contributed by atoms with Crippen LogP contribution in [0, 0.1) is 5.92 Å². The molecule has 1 aliphatic rings. The van der Waals surface area contributed by atoms with Crippen LogP contribution in [0.4, 0.5) is 11.4 Å². The van der Waals surface area contributed by atoms with Crippen molar-refractivity contribution in [3.63, 3.8) is 0 Å². The summed E-state index contributed by atoms with van der Waals surface area (Å²) in [4.78, 5) is 4.85. The van der Waals surface area contributed by atoms with Crippen LogP contribution in [-0.2, 0) is 0 Å². The summed E-state index contributed by atoms with van der Waals surface area (Å²) < 4.78 is 5.97. The van der Waals surface area contributed by atoms with E-state index in [-0.39, 0.29) is 6.04 Å². The van der Waals surface area contributed by atoms with Gasteiger partial charge in [-0.2, -0.15) is 0 Å². The molecule has 4 rings (SSSR count). The molecular weight excluding hydrogens is 330 g/mol. The highest BCUT2D eigenvalue weighted by molar-refractivity contribution is 7.10. The third kappa shape index (κ3) is 3.01. The van der Waals surface area contributed by atoms with Crippen molar-refractivity contribution in [3.8, 4) is 22.8 Å².